The van der Waals surface area contributed by atoms with Gasteiger partial charge in [0.25, 0.3) is 5.56 Å². The van der Waals surface area contributed by atoms with Crippen LogP contribution >= 0.6 is 0 Å². The lowest BCUT2D eigenvalue weighted by Gasteiger charge is -2.29. The average molecular weight is 470 g/mol. The number of ether oxygens (including phenoxy) is 1. The van der Waals surface area contributed by atoms with Crippen molar-refractivity contribution in [3.05, 3.63) is 63.9 Å². The number of nitrogens with zero attached hydrogens (tertiary/aromatic N) is 2. The van der Waals surface area contributed by atoms with Gasteiger partial charge in [-0.3, -0.25) is 4.79 Å². The molecule has 0 atom stereocenters. The number of pyridine rings is 1. The molecule has 1 aliphatic heterocycles. The van der Waals surface area contributed by atoms with Crippen molar-refractivity contribution in [2.24, 2.45) is 0 Å². The highest BCUT2D eigenvalue weighted by Crippen LogP contribution is 2.34. The molecule has 7 nitrogen and oxygen atoms in total. The van der Waals surface area contributed by atoms with E-state index in [0.717, 1.165) is 28.7 Å². The van der Waals surface area contributed by atoms with Crippen LogP contribution in [0.5, 0.6) is 5.75 Å². The third kappa shape index (κ3) is 4.37. The molecule has 0 radical (unpaired) electrons. The van der Waals surface area contributed by atoms with Crippen LogP contribution in [0.1, 0.15) is 44.7 Å². The topological polar surface area (TPSA) is 82.7 Å². The van der Waals surface area contributed by atoms with E-state index in [0.29, 0.717) is 17.9 Å². The monoisotopic (exact) mass is 469 g/mol. The second-order valence-electron chi connectivity index (χ2n) is 9.13. The number of hydrogen-bond acceptors (Lipinski definition) is 5. The van der Waals surface area contributed by atoms with Crippen LogP contribution in [-0.2, 0) is 16.6 Å². The van der Waals surface area contributed by atoms with E-state index in [1.807, 2.05) is 44.0 Å². The first-order valence-corrected chi connectivity index (χ1v) is 12.7. The summed E-state index contributed by atoms with van der Waals surface area (Å²) in [7, 11) is -1.91. The van der Waals surface area contributed by atoms with Crippen LogP contribution in [0.15, 0.2) is 52.2 Å². The van der Waals surface area contributed by atoms with Gasteiger partial charge in [-0.1, -0.05) is 32.0 Å². The molecule has 1 aromatic heterocycles. The Labute approximate surface area is 195 Å². The smallest absolute Gasteiger partial charge is 0.252 e. The third-order valence-corrected chi connectivity index (χ3v) is 8.16. The number of aromatic nitrogens is 1. The number of aromatic amines is 1. The standard InChI is InChI=1S/C25H31N3O4S/c1-16(2)21-8-6-7-18-13-19(25(29)26-24(18)21)15-28(17(3)4)33(30,31)20-9-10-22-23(14-20)32-12-11-27(22)5/h6-10,13-14,16-17H,11-12,15H2,1-5H3,(H,26,29). The summed E-state index contributed by atoms with van der Waals surface area (Å²) in [4.78, 5) is 18.1. The van der Waals surface area contributed by atoms with E-state index in [4.69, 9.17) is 4.74 Å². The van der Waals surface area contributed by atoms with Gasteiger partial charge in [0, 0.05) is 31.3 Å². The van der Waals surface area contributed by atoms with Crippen molar-refractivity contribution in [3.8, 4) is 5.75 Å². The molecule has 0 amide bonds. The molecular formula is C25H31N3O4S. The van der Waals surface area contributed by atoms with Crippen molar-refractivity contribution in [2.75, 3.05) is 25.1 Å². The molecular weight excluding hydrogens is 438 g/mol. The van der Waals surface area contributed by atoms with Crippen molar-refractivity contribution in [1.82, 2.24) is 9.29 Å². The van der Waals surface area contributed by atoms with Gasteiger partial charge in [-0.15, -0.1) is 0 Å². The fourth-order valence-corrected chi connectivity index (χ4v) is 5.88. The van der Waals surface area contributed by atoms with Crippen molar-refractivity contribution in [1.29, 1.82) is 0 Å². The Hall–Kier alpha value is -2.84. The van der Waals surface area contributed by atoms with E-state index < -0.39 is 10.0 Å². The van der Waals surface area contributed by atoms with Gasteiger partial charge in [-0.05, 0) is 48.9 Å². The maximum absolute atomic E-state index is 13.6. The molecule has 1 N–H and O–H groups in total. The van der Waals surface area contributed by atoms with Gasteiger partial charge < -0.3 is 14.6 Å². The highest BCUT2D eigenvalue weighted by Gasteiger charge is 2.30. The van der Waals surface area contributed by atoms with Crippen LogP contribution in [0.2, 0.25) is 0 Å². The van der Waals surface area contributed by atoms with Crippen LogP contribution in [0.3, 0.4) is 0 Å². The van der Waals surface area contributed by atoms with E-state index >= 15 is 0 Å². The number of anilines is 1. The fourth-order valence-electron chi connectivity index (χ4n) is 4.25. The van der Waals surface area contributed by atoms with Crippen LogP contribution in [0.4, 0.5) is 5.69 Å². The Morgan fingerprint density at radius 3 is 2.58 bits per heavy atom. The second kappa shape index (κ2) is 8.83. The molecule has 0 aliphatic carbocycles. The first-order chi connectivity index (χ1) is 15.6. The predicted octanol–water partition coefficient (Wildman–Crippen LogP) is 4.08. The summed E-state index contributed by atoms with van der Waals surface area (Å²) in [6.07, 6.45) is 0. The molecule has 3 aromatic rings. The normalized spacial score (nSPS) is 14.2. The number of likely N-dealkylation sites (N-methyl/N-ethyl adjacent to an activating group) is 1. The highest BCUT2D eigenvalue weighted by molar-refractivity contribution is 7.89. The van der Waals surface area contributed by atoms with E-state index in [2.05, 4.69) is 18.8 Å². The maximum atomic E-state index is 13.6. The molecule has 2 aromatic carbocycles. The maximum Gasteiger partial charge on any atom is 0.252 e. The van der Waals surface area contributed by atoms with Gasteiger partial charge in [0.2, 0.25) is 10.0 Å². The summed E-state index contributed by atoms with van der Waals surface area (Å²) in [5, 5.41) is 0.891. The number of sulfonamides is 1. The highest BCUT2D eigenvalue weighted by atomic mass is 32.2. The Balaban J connectivity index is 1.73. The summed E-state index contributed by atoms with van der Waals surface area (Å²) in [6, 6.07) is 12.3. The molecule has 8 heteroatoms. The number of hydrogen-bond donors (Lipinski definition) is 1. The van der Waals surface area contributed by atoms with Gasteiger partial charge in [-0.25, -0.2) is 8.42 Å². The van der Waals surface area contributed by atoms with E-state index in [9.17, 15) is 13.2 Å². The lowest BCUT2D eigenvalue weighted by Crippen LogP contribution is -2.38. The largest absolute Gasteiger partial charge is 0.490 e. The van der Waals surface area contributed by atoms with Crippen LogP contribution in [-0.4, -0.2) is 43.9 Å². The van der Waals surface area contributed by atoms with E-state index in [-0.39, 0.29) is 29.0 Å². The first-order valence-electron chi connectivity index (χ1n) is 11.2. The minimum atomic E-state index is -3.86. The zero-order valence-corrected chi connectivity index (χ0v) is 20.6. The van der Waals surface area contributed by atoms with Gasteiger partial charge in [-0.2, -0.15) is 4.31 Å². The quantitative estimate of drug-likeness (QED) is 0.588. The Morgan fingerprint density at radius 2 is 1.88 bits per heavy atom. The minimum absolute atomic E-state index is 0.0188. The summed E-state index contributed by atoms with van der Waals surface area (Å²) >= 11 is 0. The molecule has 0 bridgehead atoms. The molecule has 33 heavy (non-hydrogen) atoms. The lowest BCUT2D eigenvalue weighted by atomic mass is 9.99. The number of benzene rings is 2. The molecule has 0 saturated carbocycles. The van der Waals surface area contributed by atoms with Gasteiger partial charge in [0.1, 0.15) is 12.4 Å². The van der Waals surface area contributed by atoms with Crippen LogP contribution < -0.4 is 15.2 Å². The summed E-state index contributed by atoms with van der Waals surface area (Å²) in [5.74, 6) is 0.811. The fraction of sp³-hybridized carbons (Fsp3) is 0.400. The van der Waals surface area contributed by atoms with Gasteiger partial charge >= 0.3 is 0 Å². The summed E-state index contributed by atoms with van der Waals surface area (Å²) in [6.45, 7) is 9.02. The summed E-state index contributed by atoms with van der Waals surface area (Å²) in [5.41, 5.74) is 2.87. The molecule has 176 valence electrons. The first kappa shape index (κ1) is 23.3. The zero-order chi connectivity index (χ0) is 23.9. The van der Waals surface area contributed by atoms with Gasteiger partial charge in [0.05, 0.1) is 22.6 Å². The molecule has 0 fully saturated rings. The molecule has 4 rings (SSSR count). The van der Waals surface area contributed by atoms with Crippen molar-refractivity contribution < 1.29 is 13.2 Å². The van der Waals surface area contributed by atoms with Crippen molar-refractivity contribution in [3.63, 3.8) is 0 Å². The van der Waals surface area contributed by atoms with Crippen LogP contribution in [0, 0.1) is 0 Å². The molecule has 0 unspecified atom stereocenters. The second-order valence-corrected chi connectivity index (χ2v) is 11.0. The third-order valence-electron chi connectivity index (χ3n) is 6.15. The SMILES string of the molecule is CC(C)c1cccc2cc(CN(C(C)C)S(=O)(=O)c3ccc4c(c3)OCCN4C)c(=O)[nH]c12. The Morgan fingerprint density at radius 1 is 1.12 bits per heavy atom. The van der Waals surface area contributed by atoms with E-state index in [1.54, 1.807) is 24.3 Å². The van der Waals surface area contributed by atoms with Crippen LogP contribution in [0.25, 0.3) is 10.9 Å². The number of fused-ring (bicyclic) bond motifs is 2. The Kier molecular flexibility index (Phi) is 6.24. The zero-order valence-electron chi connectivity index (χ0n) is 19.8. The molecule has 0 saturated heterocycles. The minimum Gasteiger partial charge on any atom is -0.490 e. The van der Waals surface area contributed by atoms with E-state index in [1.165, 1.54) is 4.31 Å². The molecule has 0 spiro atoms. The molecule has 1 aliphatic rings. The predicted molar refractivity (Wildman–Crippen MR) is 132 cm³/mol. The van der Waals surface area contributed by atoms with Crippen molar-refractivity contribution >= 4 is 26.6 Å². The van der Waals surface area contributed by atoms with Crippen molar-refractivity contribution in [2.45, 2.75) is 51.1 Å². The number of para-hydroxylation sites is 1. The number of nitrogens with one attached hydrogen (secondary N) is 1. The Bertz CT molecular complexity index is 1350. The number of H-pyrrole nitrogens is 1. The molecule has 2 heterocycles. The average Bonchev–Trinajstić information content (AvgIpc) is 2.76. The van der Waals surface area contributed by atoms with Gasteiger partial charge in [0.15, 0.2) is 0 Å². The summed E-state index contributed by atoms with van der Waals surface area (Å²) < 4.78 is 34.3. The lowest BCUT2D eigenvalue weighted by molar-refractivity contribution is 0.309. The number of rotatable bonds is 6.